The van der Waals surface area contributed by atoms with E-state index in [-0.39, 0.29) is 5.71 Å². The zero-order valence-electron chi connectivity index (χ0n) is 12.9. The molecule has 0 bridgehead atoms. The van der Waals surface area contributed by atoms with Crippen LogP contribution in [0.3, 0.4) is 0 Å². The number of aliphatic carboxylic acids is 1. The molecule has 0 aliphatic heterocycles. The number of benzene rings is 2. The van der Waals surface area contributed by atoms with Crippen molar-refractivity contribution in [3.63, 3.8) is 0 Å². The van der Waals surface area contributed by atoms with Gasteiger partial charge in [-0.1, -0.05) is 54.6 Å². The van der Waals surface area contributed by atoms with Crippen molar-refractivity contribution in [1.29, 1.82) is 0 Å². The molecular formula is C18H16N4O2. The van der Waals surface area contributed by atoms with E-state index in [1.165, 1.54) is 0 Å². The van der Waals surface area contributed by atoms with Gasteiger partial charge >= 0.3 is 5.97 Å². The Morgan fingerprint density at radius 1 is 1.08 bits per heavy atom. The lowest BCUT2D eigenvalue weighted by Gasteiger charge is -2.06. The van der Waals surface area contributed by atoms with Crippen molar-refractivity contribution in [1.82, 2.24) is 10.2 Å². The van der Waals surface area contributed by atoms with Crippen molar-refractivity contribution < 1.29 is 9.90 Å². The standard InChI is InChI=1S/C18H16N4O2/c23-18(24)16(11-10-13-6-2-1-3-7-13)20-22-17-15-9-5-4-8-14(15)12-19-21-17/h1-9,12H,10-11H2,(H,21,22)(H,23,24)/b20-16+. The van der Waals surface area contributed by atoms with Crippen LogP contribution < -0.4 is 5.43 Å². The lowest BCUT2D eigenvalue weighted by Crippen LogP contribution is -2.16. The molecule has 0 saturated carbocycles. The van der Waals surface area contributed by atoms with Crippen LogP contribution in [-0.2, 0) is 11.2 Å². The van der Waals surface area contributed by atoms with E-state index >= 15 is 0 Å². The second-order valence-electron chi connectivity index (χ2n) is 5.24. The van der Waals surface area contributed by atoms with Gasteiger partial charge in [-0.15, -0.1) is 5.10 Å². The number of hydrogen-bond acceptors (Lipinski definition) is 5. The van der Waals surface area contributed by atoms with Gasteiger partial charge in [0.15, 0.2) is 5.82 Å². The molecule has 0 radical (unpaired) electrons. The van der Waals surface area contributed by atoms with Crippen LogP contribution >= 0.6 is 0 Å². The van der Waals surface area contributed by atoms with Crippen LogP contribution in [0, 0.1) is 0 Å². The van der Waals surface area contributed by atoms with Crippen molar-refractivity contribution in [2.75, 3.05) is 5.43 Å². The molecule has 1 heterocycles. The first kappa shape index (κ1) is 15.6. The summed E-state index contributed by atoms with van der Waals surface area (Å²) in [5.41, 5.74) is 3.85. The lowest BCUT2D eigenvalue weighted by atomic mass is 10.1. The molecule has 6 nitrogen and oxygen atoms in total. The maximum atomic E-state index is 11.4. The first-order valence-electron chi connectivity index (χ1n) is 7.54. The summed E-state index contributed by atoms with van der Waals surface area (Å²) < 4.78 is 0. The third-order valence-electron chi connectivity index (χ3n) is 3.61. The number of hydrazone groups is 1. The van der Waals surface area contributed by atoms with Gasteiger partial charge < -0.3 is 5.11 Å². The third kappa shape index (κ3) is 3.73. The molecule has 3 aromatic rings. The Hall–Kier alpha value is -3.28. The SMILES string of the molecule is O=C(O)/C(CCc1ccccc1)=N/Nc1nncc2ccccc12. The van der Waals surface area contributed by atoms with Gasteiger partial charge in [0.25, 0.3) is 0 Å². The lowest BCUT2D eigenvalue weighted by molar-refractivity contribution is -0.129. The van der Waals surface area contributed by atoms with Crippen LogP contribution in [0.1, 0.15) is 12.0 Å². The minimum atomic E-state index is -1.05. The van der Waals surface area contributed by atoms with Gasteiger partial charge in [0.2, 0.25) is 0 Å². The topological polar surface area (TPSA) is 87.5 Å². The molecule has 2 aromatic carbocycles. The number of carboxylic acid groups (broad SMARTS) is 1. The Balaban J connectivity index is 1.77. The molecule has 0 atom stereocenters. The molecule has 120 valence electrons. The second kappa shape index (κ2) is 7.32. The van der Waals surface area contributed by atoms with E-state index in [2.05, 4.69) is 20.7 Å². The zero-order chi connectivity index (χ0) is 16.8. The van der Waals surface area contributed by atoms with Crippen molar-refractivity contribution in [2.24, 2.45) is 5.10 Å². The zero-order valence-corrected chi connectivity index (χ0v) is 12.9. The van der Waals surface area contributed by atoms with Gasteiger partial charge in [0, 0.05) is 17.2 Å². The highest BCUT2D eigenvalue weighted by Gasteiger charge is 2.11. The van der Waals surface area contributed by atoms with Crippen LogP contribution in [-0.4, -0.2) is 27.0 Å². The van der Waals surface area contributed by atoms with E-state index in [9.17, 15) is 9.90 Å². The molecule has 0 aliphatic rings. The van der Waals surface area contributed by atoms with Gasteiger partial charge in [-0.3, -0.25) is 5.43 Å². The number of aromatic nitrogens is 2. The summed E-state index contributed by atoms with van der Waals surface area (Å²) in [7, 11) is 0. The van der Waals surface area contributed by atoms with E-state index < -0.39 is 5.97 Å². The summed E-state index contributed by atoms with van der Waals surface area (Å²) >= 11 is 0. The van der Waals surface area contributed by atoms with Gasteiger partial charge in [-0.05, 0) is 12.0 Å². The quantitative estimate of drug-likeness (QED) is 0.538. The third-order valence-corrected chi connectivity index (χ3v) is 3.61. The van der Waals surface area contributed by atoms with Crippen LogP contribution in [0.4, 0.5) is 5.82 Å². The number of nitrogens with zero attached hydrogens (tertiary/aromatic N) is 3. The molecule has 0 unspecified atom stereocenters. The number of carbonyl (C=O) groups is 1. The van der Waals surface area contributed by atoms with Gasteiger partial charge in [-0.25, -0.2) is 4.79 Å². The van der Waals surface area contributed by atoms with Crippen LogP contribution in [0.25, 0.3) is 10.8 Å². The summed E-state index contributed by atoms with van der Waals surface area (Å²) in [5.74, 6) is -0.613. The highest BCUT2D eigenvalue weighted by molar-refractivity contribution is 6.35. The molecule has 1 aromatic heterocycles. The summed E-state index contributed by atoms with van der Waals surface area (Å²) in [6.07, 6.45) is 2.58. The number of anilines is 1. The summed E-state index contributed by atoms with van der Waals surface area (Å²) in [6.45, 7) is 0. The molecule has 0 aliphatic carbocycles. The highest BCUT2D eigenvalue weighted by atomic mass is 16.4. The fourth-order valence-electron chi connectivity index (χ4n) is 2.35. The fourth-order valence-corrected chi connectivity index (χ4v) is 2.35. The summed E-state index contributed by atoms with van der Waals surface area (Å²) in [4.78, 5) is 11.4. The minimum absolute atomic E-state index is 0.0496. The number of rotatable bonds is 6. The molecule has 0 spiro atoms. The monoisotopic (exact) mass is 320 g/mol. The normalized spacial score (nSPS) is 11.4. The van der Waals surface area contributed by atoms with Crippen molar-refractivity contribution in [3.8, 4) is 0 Å². The Morgan fingerprint density at radius 2 is 1.83 bits per heavy atom. The average molecular weight is 320 g/mol. The maximum Gasteiger partial charge on any atom is 0.352 e. The molecule has 0 amide bonds. The molecular weight excluding hydrogens is 304 g/mol. The molecule has 3 rings (SSSR count). The Bertz CT molecular complexity index is 873. The minimum Gasteiger partial charge on any atom is -0.477 e. The number of carboxylic acids is 1. The second-order valence-corrected chi connectivity index (χ2v) is 5.24. The summed E-state index contributed by atoms with van der Waals surface area (Å²) in [6, 6.07) is 17.3. The van der Waals surface area contributed by atoms with Crippen molar-refractivity contribution in [2.45, 2.75) is 12.8 Å². The highest BCUT2D eigenvalue weighted by Crippen LogP contribution is 2.19. The van der Waals surface area contributed by atoms with Gasteiger partial charge in [-0.2, -0.15) is 10.2 Å². The Morgan fingerprint density at radius 3 is 2.62 bits per heavy atom. The smallest absolute Gasteiger partial charge is 0.352 e. The molecule has 2 N–H and O–H groups in total. The Kier molecular flexibility index (Phi) is 4.76. The number of fused-ring (bicyclic) bond motifs is 1. The predicted molar refractivity (Wildman–Crippen MR) is 93.0 cm³/mol. The van der Waals surface area contributed by atoms with Gasteiger partial charge in [0.05, 0.1) is 6.20 Å². The maximum absolute atomic E-state index is 11.4. The predicted octanol–water partition coefficient (Wildman–Crippen LogP) is 3.12. The largest absolute Gasteiger partial charge is 0.477 e. The Labute approximate surface area is 138 Å². The fraction of sp³-hybridized carbons (Fsp3) is 0.111. The van der Waals surface area contributed by atoms with E-state index in [4.69, 9.17) is 0 Å². The van der Waals surface area contributed by atoms with E-state index in [1.807, 2.05) is 54.6 Å². The molecule has 6 heteroatoms. The number of aryl methyl sites for hydroxylation is 1. The van der Waals surface area contributed by atoms with Crippen LogP contribution in [0.2, 0.25) is 0 Å². The number of hydrogen-bond donors (Lipinski definition) is 2. The molecule has 24 heavy (non-hydrogen) atoms. The molecule has 0 fully saturated rings. The van der Waals surface area contributed by atoms with E-state index in [0.29, 0.717) is 18.7 Å². The van der Waals surface area contributed by atoms with Crippen LogP contribution in [0.5, 0.6) is 0 Å². The average Bonchev–Trinajstić information content (AvgIpc) is 2.62. The number of nitrogens with one attached hydrogen (secondary N) is 1. The van der Waals surface area contributed by atoms with Gasteiger partial charge in [0.1, 0.15) is 5.71 Å². The van der Waals surface area contributed by atoms with Crippen LogP contribution in [0.15, 0.2) is 65.9 Å². The van der Waals surface area contributed by atoms with E-state index in [0.717, 1.165) is 16.3 Å². The first-order valence-corrected chi connectivity index (χ1v) is 7.54. The summed E-state index contributed by atoms with van der Waals surface area (Å²) in [5, 5.41) is 23.0. The van der Waals surface area contributed by atoms with Crippen molar-refractivity contribution in [3.05, 3.63) is 66.4 Å². The first-order chi connectivity index (χ1) is 11.7. The van der Waals surface area contributed by atoms with E-state index in [1.54, 1.807) is 6.20 Å². The van der Waals surface area contributed by atoms with Crippen molar-refractivity contribution >= 4 is 28.3 Å². The molecule has 0 saturated heterocycles.